The fourth-order valence-electron chi connectivity index (χ4n) is 2.10. The summed E-state index contributed by atoms with van der Waals surface area (Å²) in [7, 11) is 0. The lowest BCUT2D eigenvalue weighted by Crippen LogP contribution is -2.26. The van der Waals surface area contributed by atoms with Gasteiger partial charge < -0.3 is 10.5 Å². The molecule has 102 valence electrons. The van der Waals surface area contributed by atoms with Gasteiger partial charge in [-0.1, -0.05) is 17.9 Å². The monoisotopic (exact) mass is 262 g/mol. The normalized spacial score (nSPS) is 16.5. The van der Waals surface area contributed by atoms with Crippen molar-refractivity contribution in [2.24, 2.45) is 5.73 Å². The van der Waals surface area contributed by atoms with Crippen LogP contribution in [0, 0.1) is 17.7 Å². The van der Waals surface area contributed by atoms with Crippen LogP contribution >= 0.6 is 0 Å². The van der Waals surface area contributed by atoms with Gasteiger partial charge in [-0.3, -0.25) is 4.90 Å². The molecule has 1 aromatic rings. The van der Waals surface area contributed by atoms with E-state index in [0.29, 0.717) is 17.7 Å². The summed E-state index contributed by atoms with van der Waals surface area (Å²) in [6.45, 7) is 4.24. The summed E-state index contributed by atoms with van der Waals surface area (Å²) >= 11 is 0. The second-order valence-corrected chi connectivity index (χ2v) is 4.55. The Balaban J connectivity index is 2.03. The summed E-state index contributed by atoms with van der Waals surface area (Å²) in [6.07, 6.45) is 1.00. The van der Waals surface area contributed by atoms with Crippen molar-refractivity contribution in [3.8, 4) is 11.8 Å². The summed E-state index contributed by atoms with van der Waals surface area (Å²) in [5.74, 6) is 5.36. The average Bonchev–Trinajstić information content (AvgIpc) is 2.68. The lowest BCUT2D eigenvalue weighted by Gasteiger charge is -2.19. The van der Waals surface area contributed by atoms with E-state index in [4.69, 9.17) is 10.5 Å². The first-order valence-electron chi connectivity index (χ1n) is 6.57. The maximum Gasteiger partial charge on any atom is 0.128 e. The second-order valence-electron chi connectivity index (χ2n) is 4.55. The molecule has 0 atom stereocenters. The molecule has 0 aliphatic carbocycles. The first-order chi connectivity index (χ1) is 9.29. The zero-order valence-electron chi connectivity index (χ0n) is 11.0. The Morgan fingerprint density at radius 2 is 2.21 bits per heavy atom. The number of benzene rings is 1. The molecule has 1 aliphatic heterocycles. The van der Waals surface area contributed by atoms with Crippen molar-refractivity contribution in [1.82, 2.24) is 4.90 Å². The molecule has 0 saturated carbocycles. The highest BCUT2D eigenvalue weighted by molar-refractivity contribution is 5.37. The van der Waals surface area contributed by atoms with Crippen LogP contribution in [0.25, 0.3) is 0 Å². The van der Waals surface area contributed by atoms with Crippen LogP contribution in [0.15, 0.2) is 18.2 Å². The maximum atomic E-state index is 14.0. The Hall–Kier alpha value is -1.41. The minimum atomic E-state index is -0.200. The first kappa shape index (κ1) is 14.0. The number of hydrogen-bond donors (Lipinski definition) is 1. The van der Waals surface area contributed by atoms with E-state index in [1.165, 1.54) is 6.07 Å². The molecule has 0 aromatic heterocycles. The molecule has 1 fully saturated rings. The molecule has 0 spiro atoms. The van der Waals surface area contributed by atoms with E-state index in [9.17, 15) is 4.39 Å². The van der Waals surface area contributed by atoms with Crippen molar-refractivity contribution in [2.75, 3.05) is 32.8 Å². The van der Waals surface area contributed by atoms with Crippen molar-refractivity contribution in [3.63, 3.8) is 0 Å². The van der Waals surface area contributed by atoms with Gasteiger partial charge in [-0.25, -0.2) is 4.39 Å². The van der Waals surface area contributed by atoms with Crippen LogP contribution in [-0.2, 0) is 11.3 Å². The van der Waals surface area contributed by atoms with E-state index in [0.717, 1.165) is 32.7 Å². The van der Waals surface area contributed by atoms with Gasteiger partial charge in [0.1, 0.15) is 5.82 Å². The van der Waals surface area contributed by atoms with Crippen LogP contribution in [0.4, 0.5) is 4.39 Å². The summed E-state index contributed by atoms with van der Waals surface area (Å²) in [4.78, 5) is 2.22. The van der Waals surface area contributed by atoms with Gasteiger partial charge in [0, 0.05) is 37.4 Å². The molecule has 3 nitrogen and oxygen atoms in total. The van der Waals surface area contributed by atoms with Gasteiger partial charge >= 0.3 is 0 Å². The van der Waals surface area contributed by atoms with Crippen molar-refractivity contribution in [2.45, 2.75) is 13.0 Å². The second kappa shape index (κ2) is 7.25. The third-order valence-electron chi connectivity index (χ3n) is 3.10. The molecule has 1 heterocycles. The zero-order valence-corrected chi connectivity index (χ0v) is 11.0. The van der Waals surface area contributed by atoms with E-state index >= 15 is 0 Å². The fraction of sp³-hybridized carbons (Fsp3) is 0.467. The molecule has 4 heteroatoms. The number of ether oxygens (including phenoxy) is 1. The number of halogens is 1. The summed E-state index contributed by atoms with van der Waals surface area (Å²) < 4.78 is 19.4. The van der Waals surface area contributed by atoms with Crippen molar-refractivity contribution < 1.29 is 9.13 Å². The minimum absolute atomic E-state index is 0.200. The number of nitrogens with zero attached hydrogens (tertiary/aromatic N) is 1. The van der Waals surface area contributed by atoms with Crippen LogP contribution in [0.1, 0.15) is 17.5 Å². The van der Waals surface area contributed by atoms with Crippen molar-refractivity contribution in [1.29, 1.82) is 0 Å². The van der Waals surface area contributed by atoms with Gasteiger partial charge in [0.05, 0.1) is 13.2 Å². The summed E-state index contributed by atoms with van der Waals surface area (Å²) in [6, 6.07) is 5.13. The molecular weight excluding hydrogens is 243 g/mol. The van der Waals surface area contributed by atoms with Gasteiger partial charge in [-0.2, -0.15) is 0 Å². The topological polar surface area (TPSA) is 38.5 Å². The van der Waals surface area contributed by atoms with Gasteiger partial charge in [-0.15, -0.1) is 0 Å². The molecule has 1 saturated heterocycles. The predicted molar refractivity (Wildman–Crippen MR) is 73.0 cm³/mol. The Bertz CT molecular complexity index is 471. The predicted octanol–water partition coefficient (Wildman–Crippen LogP) is 1.36. The molecule has 0 bridgehead atoms. The molecule has 0 radical (unpaired) electrons. The molecule has 19 heavy (non-hydrogen) atoms. The minimum Gasteiger partial charge on any atom is -0.380 e. The van der Waals surface area contributed by atoms with E-state index in [1.807, 2.05) is 12.1 Å². The third kappa shape index (κ3) is 4.32. The molecule has 2 rings (SSSR count). The van der Waals surface area contributed by atoms with E-state index in [2.05, 4.69) is 16.7 Å². The Kier molecular flexibility index (Phi) is 5.34. The number of nitrogens with two attached hydrogens (primary N) is 1. The van der Waals surface area contributed by atoms with Crippen LogP contribution in [0.3, 0.4) is 0 Å². The SMILES string of the molecule is NCC#Cc1ccc(CN2CCCOCC2)c(F)c1. The van der Waals surface area contributed by atoms with Crippen molar-refractivity contribution in [3.05, 3.63) is 35.1 Å². The highest BCUT2D eigenvalue weighted by Crippen LogP contribution is 2.13. The molecular formula is C15H19FN2O. The maximum absolute atomic E-state index is 14.0. The Morgan fingerprint density at radius 3 is 3.00 bits per heavy atom. The lowest BCUT2D eigenvalue weighted by atomic mass is 10.1. The molecule has 0 unspecified atom stereocenters. The summed E-state index contributed by atoms with van der Waals surface area (Å²) in [5.41, 5.74) is 6.68. The summed E-state index contributed by atoms with van der Waals surface area (Å²) in [5, 5.41) is 0. The smallest absolute Gasteiger partial charge is 0.128 e. The van der Waals surface area contributed by atoms with Crippen LogP contribution in [-0.4, -0.2) is 37.7 Å². The Morgan fingerprint density at radius 1 is 1.32 bits per heavy atom. The van der Waals surface area contributed by atoms with Gasteiger partial charge in [0.15, 0.2) is 0 Å². The zero-order chi connectivity index (χ0) is 13.5. The number of rotatable bonds is 2. The van der Waals surface area contributed by atoms with Crippen LogP contribution in [0.5, 0.6) is 0 Å². The largest absolute Gasteiger partial charge is 0.380 e. The highest BCUT2D eigenvalue weighted by atomic mass is 19.1. The standard InChI is InChI=1S/C15H19FN2O/c16-15-11-13(3-1-6-17)4-5-14(15)12-18-7-2-9-19-10-8-18/h4-5,11H,2,6-10,12,17H2. The van der Waals surface area contributed by atoms with Gasteiger partial charge in [0.2, 0.25) is 0 Å². The van der Waals surface area contributed by atoms with Crippen molar-refractivity contribution >= 4 is 0 Å². The fourth-order valence-corrected chi connectivity index (χ4v) is 2.10. The molecule has 0 amide bonds. The lowest BCUT2D eigenvalue weighted by molar-refractivity contribution is 0.140. The number of hydrogen-bond acceptors (Lipinski definition) is 3. The molecule has 1 aromatic carbocycles. The van der Waals surface area contributed by atoms with E-state index < -0.39 is 0 Å². The van der Waals surface area contributed by atoms with Gasteiger partial charge in [0.25, 0.3) is 0 Å². The van der Waals surface area contributed by atoms with Gasteiger partial charge in [-0.05, 0) is 18.6 Å². The average molecular weight is 262 g/mol. The van der Waals surface area contributed by atoms with Crippen LogP contribution in [0.2, 0.25) is 0 Å². The first-order valence-corrected chi connectivity index (χ1v) is 6.57. The van der Waals surface area contributed by atoms with E-state index in [-0.39, 0.29) is 12.4 Å². The quantitative estimate of drug-likeness (QED) is 0.818. The third-order valence-corrected chi connectivity index (χ3v) is 3.10. The molecule has 2 N–H and O–H groups in total. The van der Waals surface area contributed by atoms with Crippen LogP contribution < -0.4 is 5.73 Å². The van der Waals surface area contributed by atoms with E-state index in [1.54, 1.807) is 0 Å². The highest BCUT2D eigenvalue weighted by Gasteiger charge is 2.12. The Labute approximate surface area is 113 Å². The molecule has 1 aliphatic rings.